The van der Waals surface area contributed by atoms with Crippen LogP contribution in [0, 0.1) is 0 Å². The van der Waals surface area contributed by atoms with Crippen LogP contribution in [-0.4, -0.2) is 35.9 Å². The van der Waals surface area contributed by atoms with Crippen LogP contribution in [0.25, 0.3) is 10.2 Å². The van der Waals surface area contributed by atoms with Crippen molar-refractivity contribution in [3.05, 3.63) is 29.3 Å². The lowest BCUT2D eigenvalue weighted by Gasteiger charge is -2.22. The van der Waals surface area contributed by atoms with Crippen LogP contribution in [0.1, 0.15) is 23.9 Å². The third-order valence-electron chi connectivity index (χ3n) is 3.50. The molecule has 1 unspecified atom stereocenters. The highest BCUT2D eigenvalue weighted by Crippen LogP contribution is 2.36. The van der Waals surface area contributed by atoms with Crippen molar-refractivity contribution in [2.24, 2.45) is 0 Å². The molecule has 0 bridgehead atoms. The van der Waals surface area contributed by atoms with Crippen molar-refractivity contribution in [3.63, 3.8) is 0 Å². The summed E-state index contributed by atoms with van der Waals surface area (Å²) in [5.74, 6) is 0.171. The van der Waals surface area contributed by atoms with Crippen LogP contribution in [0.5, 0.6) is 0 Å². The Hall–Kier alpha value is -1.46. The van der Waals surface area contributed by atoms with Crippen LogP contribution in [0.3, 0.4) is 0 Å². The quantitative estimate of drug-likeness (QED) is 0.934. The normalized spacial score (nSPS) is 19.2. The minimum Gasteiger partial charge on any atom is -0.332 e. The Bertz CT molecular complexity index is 562. The van der Waals surface area contributed by atoms with Gasteiger partial charge in [0.05, 0.1) is 22.8 Å². The number of amides is 1. The highest BCUT2D eigenvalue weighted by molar-refractivity contribution is 7.18. The Balaban J connectivity index is 1.89. The number of hydrogen-bond acceptors (Lipinski definition) is 4. The molecule has 0 radical (unpaired) electrons. The second kappa shape index (κ2) is 5.27. The summed E-state index contributed by atoms with van der Waals surface area (Å²) in [6, 6.07) is 8.32. The maximum Gasteiger partial charge on any atom is 0.237 e. The van der Waals surface area contributed by atoms with E-state index >= 15 is 0 Å². The molecule has 0 saturated carbocycles. The van der Waals surface area contributed by atoms with Gasteiger partial charge in [-0.3, -0.25) is 4.79 Å². The Kier molecular flexibility index (Phi) is 3.48. The Morgan fingerprint density at radius 1 is 1.53 bits per heavy atom. The van der Waals surface area contributed by atoms with Crippen LogP contribution in [0.2, 0.25) is 0 Å². The first-order valence-electron chi connectivity index (χ1n) is 6.59. The first-order valence-corrected chi connectivity index (χ1v) is 7.41. The smallest absolute Gasteiger partial charge is 0.237 e. The summed E-state index contributed by atoms with van der Waals surface area (Å²) in [5.41, 5.74) is 1.04. The zero-order valence-electron chi connectivity index (χ0n) is 10.9. The van der Waals surface area contributed by atoms with E-state index in [0.29, 0.717) is 6.54 Å². The fourth-order valence-electron chi connectivity index (χ4n) is 2.61. The number of fused-ring (bicyclic) bond motifs is 1. The van der Waals surface area contributed by atoms with Crippen molar-refractivity contribution in [3.8, 4) is 0 Å². The fourth-order valence-corrected chi connectivity index (χ4v) is 3.72. The van der Waals surface area contributed by atoms with Gasteiger partial charge in [-0.1, -0.05) is 12.1 Å². The van der Waals surface area contributed by atoms with E-state index in [0.717, 1.165) is 29.9 Å². The number of benzene rings is 1. The van der Waals surface area contributed by atoms with E-state index in [-0.39, 0.29) is 11.9 Å². The summed E-state index contributed by atoms with van der Waals surface area (Å²) >= 11 is 1.71. The number of carbonyl (C=O) groups excluding carboxylic acids is 1. The first kappa shape index (κ1) is 12.6. The molecule has 1 aromatic heterocycles. The lowest BCUT2D eigenvalue weighted by Crippen LogP contribution is -2.36. The molecular formula is C14H17N3OS. The zero-order chi connectivity index (χ0) is 13.2. The highest BCUT2D eigenvalue weighted by atomic mass is 32.1. The van der Waals surface area contributed by atoms with Gasteiger partial charge in [-0.15, -0.1) is 11.3 Å². The van der Waals surface area contributed by atoms with Crippen molar-refractivity contribution in [1.29, 1.82) is 0 Å². The summed E-state index contributed by atoms with van der Waals surface area (Å²) in [6.45, 7) is 1.25. The van der Waals surface area contributed by atoms with Gasteiger partial charge in [0.25, 0.3) is 0 Å². The minimum absolute atomic E-state index is 0.165. The number of nitrogens with one attached hydrogen (secondary N) is 1. The van der Waals surface area contributed by atoms with Crippen molar-refractivity contribution >= 4 is 27.5 Å². The molecular weight excluding hydrogens is 258 g/mol. The zero-order valence-corrected chi connectivity index (χ0v) is 11.7. The molecule has 0 aliphatic carbocycles. The van der Waals surface area contributed by atoms with Gasteiger partial charge in [0.2, 0.25) is 5.91 Å². The van der Waals surface area contributed by atoms with Crippen molar-refractivity contribution < 1.29 is 4.79 Å². The number of carbonyl (C=O) groups is 1. The monoisotopic (exact) mass is 275 g/mol. The molecule has 1 aliphatic rings. The molecule has 1 atom stereocenters. The van der Waals surface area contributed by atoms with Gasteiger partial charge >= 0.3 is 0 Å². The van der Waals surface area contributed by atoms with Crippen LogP contribution in [0.4, 0.5) is 0 Å². The maximum atomic E-state index is 12.1. The lowest BCUT2D eigenvalue weighted by atomic mass is 10.2. The number of aromatic nitrogens is 1. The molecule has 3 rings (SSSR count). The number of likely N-dealkylation sites (N-methyl/N-ethyl adjacent to an activating group) is 1. The van der Waals surface area contributed by atoms with Crippen LogP contribution < -0.4 is 5.32 Å². The van der Waals surface area contributed by atoms with E-state index in [1.54, 1.807) is 18.4 Å². The van der Waals surface area contributed by atoms with Crippen molar-refractivity contribution in [1.82, 2.24) is 15.2 Å². The molecule has 1 fully saturated rings. The van der Waals surface area contributed by atoms with Gasteiger partial charge in [0.1, 0.15) is 5.01 Å². The van der Waals surface area contributed by atoms with Crippen LogP contribution >= 0.6 is 11.3 Å². The Morgan fingerprint density at radius 2 is 2.37 bits per heavy atom. The molecule has 4 nitrogen and oxygen atoms in total. The Labute approximate surface area is 116 Å². The van der Waals surface area contributed by atoms with Crippen LogP contribution in [-0.2, 0) is 4.79 Å². The molecule has 19 heavy (non-hydrogen) atoms. The van der Waals surface area contributed by atoms with Gasteiger partial charge in [-0.25, -0.2) is 4.98 Å². The molecule has 5 heteroatoms. The van der Waals surface area contributed by atoms with E-state index < -0.39 is 0 Å². The average Bonchev–Trinajstić information content (AvgIpc) is 3.05. The summed E-state index contributed by atoms with van der Waals surface area (Å²) in [6.07, 6.45) is 2.09. The molecule has 0 spiro atoms. The topological polar surface area (TPSA) is 45.2 Å². The van der Waals surface area contributed by atoms with Gasteiger partial charge < -0.3 is 10.2 Å². The fraction of sp³-hybridized carbons (Fsp3) is 0.429. The highest BCUT2D eigenvalue weighted by Gasteiger charge is 2.31. The number of para-hydroxylation sites is 1. The molecule has 1 amide bonds. The van der Waals surface area contributed by atoms with E-state index in [2.05, 4.69) is 11.4 Å². The molecule has 1 aromatic carbocycles. The number of nitrogens with zero attached hydrogens (tertiary/aromatic N) is 2. The summed E-state index contributed by atoms with van der Waals surface area (Å²) in [7, 11) is 1.81. The molecule has 2 aromatic rings. The molecule has 100 valence electrons. The van der Waals surface area contributed by atoms with Gasteiger partial charge in [-0.05, 0) is 32.0 Å². The summed E-state index contributed by atoms with van der Waals surface area (Å²) < 4.78 is 1.20. The largest absolute Gasteiger partial charge is 0.332 e. The number of likely N-dealkylation sites (tertiary alicyclic amines) is 1. The van der Waals surface area contributed by atoms with E-state index in [1.165, 1.54) is 4.70 Å². The SMILES string of the molecule is CNCC(=O)N1CCCC1c1nc2ccccc2s1. The second-order valence-electron chi connectivity index (χ2n) is 4.80. The Morgan fingerprint density at radius 3 is 3.16 bits per heavy atom. The molecule has 2 heterocycles. The first-order chi connectivity index (χ1) is 9.29. The molecule has 1 aliphatic heterocycles. The summed E-state index contributed by atoms with van der Waals surface area (Å²) in [4.78, 5) is 18.7. The molecule has 1 saturated heterocycles. The standard InChI is InChI=1S/C14H17N3OS/c1-15-9-13(18)17-8-4-6-11(17)14-16-10-5-2-3-7-12(10)19-14/h2-3,5,7,11,15H,4,6,8-9H2,1H3. The predicted octanol–water partition coefficient (Wildman–Crippen LogP) is 2.18. The van der Waals surface area contributed by atoms with Crippen LogP contribution in [0.15, 0.2) is 24.3 Å². The van der Waals surface area contributed by atoms with E-state index in [4.69, 9.17) is 4.98 Å². The van der Waals surface area contributed by atoms with Gasteiger partial charge in [-0.2, -0.15) is 0 Å². The number of rotatable bonds is 3. The molecule has 1 N–H and O–H groups in total. The predicted molar refractivity (Wildman–Crippen MR) is 77.2 cm³/mol. The minimum atomic E-state index is 0.165. The third kappa shape index (κ3) is 2.35. The lowest BCUT2D eigenvalue weighted by molar-refractivity contribution is -0.131. The van der Waals surface area contributed by atoms with Gasteiger partial charge in [0.15, 0.2) is 0 Å². The van der Waals surface area contributed by atoms with E-state index in [9.17, 15) is 4.79 Å². The maximum absolute atomic E-state index is 12.1. The third-order valence-corrected chi connectivity index (χ3v) is 4.63. The number of thiazole rings is 1. The van der Waals surface area contributed by atoms with E-state index in [1.807, 2.05) is 23.1 Å². The summed E-state index contributed by atoms with van der Waals surface area (Å²) in [5, 5.41) is 4.01. The number of hydrogen-bond donors (Lipinski definition) is 1. The van der Waals surface area contributed by atoms with Gasteiger partial charge in [0, 0.05) is 6.54 Å². The van der Waals surface area contributed by atoms with Crippen molar-refractivity contribution in [2.75, 3.05) is 20.1 Å². The van der Waals surface area contributed by atoms with Crippen molar-refractivity contribution in [2.45, 2.75) is 18.9 Å². The second-order valence-corrected chi connectivity index (χ2v) is 5.86. The average molecular weight is 275 g/mol.